The number of amides is 1. The largest absolute Gasteiger partial charge is 0.477 e. The van der Waals surface area contributed by atoms with Crippen molar-refractivity contribution in [3.05, 3.63) is 30.2 Å². The molecule has 6 heteroatoms. The molecule has 2 N–H and O–H groups in total. The Labute approximate surface area is 130 Å². The molecular formula is C16H22N4O2. The fraction of sp³-hybridized carbons (Fsp3) is 0.438. The molecule has 0 aliphatic carbocycles. The standard InChI is InChI=1S/C16H22N4O2/c1-4-17-13(21)7-5-6-12-8-18-15-14(12)16(20-10-19-15)22-9-11(2)3/h5,7-8,10-11H,4,6,9H2,1-3H3,(H,17,21)(H,18,19,20). The first-order valence-corrected chi connectivity index (χ1v) is 7.50. The van der Waals surface area contributed by atoms with Crippen molar-refractivity contribution >= 4 is 16.9 Å². The van der Waals surface area contributed by atoms with E-state index in [2.05, 4.69) is 34.1 Å². The molecule has 6 nitrogen and oxygen atoms in total. The van der Waals surface area contributed by atoms with Gasteiger partial charge in [0, 0.05) is 12.7 Å². The van der Waals surface area contributed by atoms with E-state index in [0.717, 1.165) is 16.6 Å². The third-order valence-electron chi connectivity index (χ3n) is 3.03. The fourth-order valence-corrected chi connectivity index (χ4v) is 2.04. The predicted molar refractivity (Wildman–Crippen MR) is 85.7 cm³/mol. The maximum absolute atomic E-state index is 11.4. The van der Waals surface area contributed by atoms with Gasteiger partial charge in [-0.25, -0.2) is 9.97 Å². The summed E-state index contributed by atoms with van der Waals surface area (Å²) < 4.78 is 5.77. The number of nitrogens with one attached hydrogen (secondary N) is 2. The Hall–Kier alpha value is -2.37. The quantitative estimate of drug-likeness (QED) is 0.769. The van der Waals surface area contributed by atoms with Crippen LogP contribution in [0.2, 0.25) is 0 Å². The van der Waals surface area contributed by atoms with E-state index < -0.39 is 0 Å². The topological polar surface area (TPSA) is 79.9 Å². The molecule has 0 aliphatic rings. The average Bonchev–Trinajstić information content (AvgIpc) is 2.89. The molecule has 2 heterocycles. The lowest BCUT2D eigenvalue weighted by Gasteiger charge is -2.08. The van der Waals surface area contributed by atoms with Crippen molar-refractivity contribution < 1.29 is 9.53 Å². The highest BCUT2D eigenvalue weighted by Gasteiger charge is 2.12. The number of H-pyrrole nitrogens is 1. The summed E-state index contributed by atoms with van der Waals surface area (Å²) in [6, 6.07) is 0. The number of aromatic nitrogens is 3. The lowest BCUT2D eigenvalue weighted by molar-refractivity contribution is -0.116. The molecule has 2 aromatic rings. The Kier molecular flexibility index (Phi) is 5.52. The minimum absolute atomic E-state index is 0.0881. The summed E-state index contributed by atoms with van der Waals surface area (Å²) in [5.74, 6) is 0.918. The second-order valence-corrected chi connectivity index (χ2v) is 5.42. The van der Waals surface area contributed by atoms with Crippen LogP contribution in [-0.2, 0) is 11.2 Å². The minimum atomic E-state index is -0.0881. The zero-order valence-electron chi connectivity index (χ0n) is 13.2. The molecule has 2 rings (SSSR count). The first-order chi connectivity index (χ1) is 10.6. The van der Waals surface area contributed by atoms with E-state index in [0.29, 0.717) is 31.4 Å². The summed E-state index contributed by atoms with van der Waals surface area (Å²) in [6.45, 7) is 7.29. The van der Waals surface area contributed by atoms with E-state index in [1.54, 1.807) is 6.08 Å². The van der Waals surface area contributed by atoms with Crippen LogP contribution in [0.5, 0.6) is 5.88 Å². The number of carbonyl (C=O) groups excluding carboxylic acids is 1. The van der Waals surface area contributed by atoms with Crippen molar-refractivity contribution in [3.63, 3.8) is 0 Å². The van der Waals surface area contributed by atoms with Gasteiger partial charge in [0.15, 0.2) is 0 Å². The van der Waals surface area contributed by atoms with E-state index in [9.17, 15) is 4.79 Å². The zero-order valence-corrected chi connectivity index (χ0v) is 13.2. The molecule has 0 unspecified atom stereocenters. The summed E-state index contributed by atoms with van der Waals surface area (Å²) in [5, 5.41) is 3.60. The van der Waals surface area contributed by atoms with Gasteiger partial charge in [-0.05, 0) is 30.9 Å². The van der Waals surface area contributed by atoms with Gasteiger partial charge in [-0.3, -0.25) is 4.79 Å². The van der Waals surface area contributed by atoms with Gasteiger partial charge in [0.1, 0.15) is 12.0 Å². The Bertz CT molecular complexity index is 661. The SMILES string of the molecule is CCNC(=O)C=CCc1c[nH]c2ncnc(OCC(C)C)c12. The molecule has 0 saturated carbocycles. The van der Waals surface area contributed by atoms with Gasteiger partial charge < -0.3 is 15.0 Å². The lowest BCUT2D eigenvalue weighted by atomic mass is 10.1. The molecule has 118 valence electrons. The van der Waals surface area contributed by atoms with Crippen molar-refractivity contribution in [2.24, 2.45) is 5.92 Å². The van der Waals surface area contributed by atoms with Gasteiger partial charge in [0.05, 0.1) is 12.0 Å². The minimum Gasteiger partial charge on any atom is -0.477 e. The molecule has 0 aliphatic heterocycles. The van der Waals surface area contributed by atoms with Gasteiger partial charge in [-0.1, -0.05) is 19.9 Å². The van der Waals surface area contributed by atoms with E-state index >= 15 is 0 Å². The van der Waals surface area contributed by atoms with Crippen molar-refractivity contribution in [3.8, 4) is 5.88 Å². The number of carbonyl (C=O) groups is 1. The Morgan fingerprint density at radius 3 is 3.00 bits per heavy atom. The van der Waals surface area contributed by atoms with Crippen LogP contribution in [-0.4, -0.2) is 34.0 Å². The smallest absolute Gasteiger partial charge is 0.243 e. The highest BCUT2D eigenvalue weighted by molar-refractivity contribution is 5.88. The van der Waals surface area contributed by atoms with Crippen LogP contribution in [0.3, 0.4) is 0 Å². The molecule has 22 heavy (non-hydrogen) atoms. The van der Waals surface area contributed by atoms with Crippen molar-refractivity contribution in [1.82, 2.24) is 20.3 Å². The van der Waals surface area contributed by atoms with Crippen molar-refractivity contribution in [2.45, 2.75) is 27.2 Å². The summed E-state index contributed by atoms with van der Waals surface area (Å²) in [4.78, 5) is 23.0. The predicted octanol–water partition coefficient (Wildman–Crippen LogP) is 2.23. The second-order valence-electron chi connectivity index (χ2n) is 5.42. The Morgan fingerprint density at radius 2 is 2.27 bits per heavy atom. The summed E-state index contributed by atoms with van der Waals surface area (Å²) in [6.07, 6.45) is 7.35. The van der Waals surface area contributed by atoms with E-state index in [-0.39, 0.29) is 5.91 Å². The molecule has 0 saturated heterocycles. The summed E-state index contributed by atoms with van der Waals surface area (Å²) in [7, 11) is 0. The second kappa shape index (κ2) is 7.59. The third-order valence-corrected chi connectivity index (χ3v) is 3.03. The molecule has 0 bridgehead atoms. The van der Waals surface area contributed by atoms with Gasteiger partial charge in [-0.15, -0.1) is 0 Å². The molecule has 1 amide bonds. The third kappa shape index (κ3) is 4.07. The summed E-state index contributed by atoms with van der Waals surface area (Å²) in [5.41, 5.74) is 1.75. The summed E-state index contributed by atoms with van der Waals surface area (Å²) >= 11 is 0. The number of hydrogen-bond donors (Lipinski definition) is 2. The number of aromatic amines is 1. The fourth-order valence-electron chi connectivity index (χ4n) is 2.04. The van der Waals surface area contributed by atoms with Gasteiger partial charge in [-0.2, -0.15) is 0 Å². The number of nitrogens with zero attached hydrogens (tertiary/aromatic N) is 2. The molecule has 0 spiro atoms. The highest BCUT2D eigenvalue weighted by Crippen LogP contribution is 2.26. The average molecular weight is 302 g/mol. The number of likely N-dealkylation sites (N-methyl/N-ethyl adjacent to an activating group) is 1. The van der Waals surface area contributed by atoms with Crippen LogP contribution in [0.4, 0.5) is 0 Å². The van der Waals surface area contributed by atoms with Crippen LogP contribution in [0.1, 0.15) is 26.3 Å². The van der Waals surface area contributed by atoms with Gasteiger partial charge in [0.25, 0.3) is 0 Å². The molecule has 0 fully saturated rings. The van der Waals surface area contributed by atoms with Crippen LogP contribution in [0, 0.1) is 5.92 Å². The molecule has 0 aromatic carbocycles. The van der Waals surface area contributed by atoms with E-state index in [4.69, 9.17) is 4.74 Å². The molecule has 0 radical (unpaired) electrons. The van der Waals surface area contributed by atoms with Crippen LogP contribution < -0.4 is 10.1 Å². The zero-order chi connectivity index (χ0) is 15.9. The van der Waals surface area contributed by atoms with Crippen LogP contribution in [0.15, 0.2) is 24.7 Å². The van der Waals surface area contributed by atoms with E-state index in [1.807, 2.05) is 19.2 Å². The maximum Gasteiger partial charge on any atom is 0.243 e. The Morgan fingerprint density at radius 1 is 1.45 bits per heavy atom. The van der Waals surface area contributed by atoms with Gasteiger partial charge in [0.2, 0.25) is 11.8 Å². The number of ether oxygens (including phenoxy) is 1. The van der Waals surface area contributed by atoms with Crippen molar-refractivity contribution in [1.29, 1.82) is 0 Å². The Balaban J connectivity index is 2.17. The van der Waals surface area contributed by atoms with Crippen molar-refractivity contribution in [2.75, 3.05) is 13.2 Å². The van der Waals surface area contributed by atoms with E-state index in [1.165, 1.54) is 6.33 Å². The molecular weight excluding hydrogens is 280 g/mol. The molecule has 2 aromatic heterocycles. The number of fused-ring (bicyclic) bond motifs is 1. The number of rotatable bonds is 7. The monoisotopic (exact) mass is 302 g/mol. The molecule has 0 atom stereocenters. The number of allylic oxidation sites excluding steroid dienone is 1. The first kappa shape index (κ1) is 16.0. The highest BCUT2D eigenvalue weighted by atomic mass is 16.5. The van der Waals surface area contributed by atoms with Crippen LogP contribution >= 0.6 is 0 Å². The number of hydrogen-bond acceptors (Lipinski definition) is 4. The lowest BCUT2D eigenvalue weighted by Crippen LogP contribution is -2.19. The van der Waals surface area contributed by atoms with Gasteiger partial charge >= 0.3 is 0 Å². The maximum atomic E-state index is 11.4. The first-order valence-electron chi connectivity index (χ1n) is 7.50. The van der Waals surface area contributed by atoms with Crippen LogP contribution in [0.25, 0.3) is 11.0 Å². The normalized spacial score (nSPS) is 11.5.